The molecule has 1 unspecified atom stereocenters. The molecule has 1 atom stereocenters. The van der Waals surface area contributed by atoms with Crippen LogP contribution in [0.3, 0.4) is 0 Å². The van der Waals surface area contributed by atoms with Crippen LogP contribution in [0.4, 0.5) is 0 Å². The van der Waals surface area contributed by atoms with Crippen molar-refractivity contribution in [3.05, 3.63) is 53.9 Å². The number of ether oxygens (including phenoxy) is 2. The van der Waals surface area contributed by atoms with E-state index in [1.165, 1.54) is 0 Å². The molecule has 0 saturated carbocycles. The standard InChI is InChI=1S/C21H24N4O2/c22-13-18-4-1-2-5-19(18)14-25-15-21(16-25)12-17(7-11-27-21)6-10-26-20-23-8-3-9-24-20/h1-5,8-9,17H,6-7,10-12,14-16H2. The molecule has 1 aromatic carbocycles. The zero-order valence-corrected chi connectivity index (χ0v) is 15.4. The molecule has 6 heteroatoms. The Labute approximate surface area is 159 Å². The molecule has 0 N–H and O–H groups in total. The Morgan fingerprint density at radius 1 is 1.22 bits per heavy atom. The first-order valence-electron chi connectivity index (χ1n) is 9.50. The van der Waals surface area contributed by atoms with E-state index in [0.29, 0.717) is 18.5 Å². The third kappa shape index (κ3) is 4.26. The van der Waals surface area contributed by atoms with Crippen LogP contribution in [0.1, 0.15) is 30.4 Å². The molecule has 2 fully saturated rings. The van der Waals surface area contributed by atoms with E-state index in [4.69, 9.17) is 9.47 Å². The van der Waals surface area contributed by atoms with Crippen molar-refractivity contribution < 1.29 is 9.47 Å². The third-order valence-corrected chi connectivity index (χ3v) is 5.45. The average Bonchev–Trinajstić information content (AvgIpc) is 2.68. The van der Waals surface area contributed by atoms with Crippen LogP contribution in [-0.4, -0.2) is 46.8 Å². The Balaban J connectivity index is 1.25. The lowest BCUT2D eigenvalue weighted by molar-refractivity contribution is -0.182. The van der Waals surface area contributed by atoms with Crippen molar-refractivity contribution in [2.24, 2.45) is 5.92 Å². The van der Waals surface area contributed by atoms with Crippen molar-refractivity contribution in [3.63, 3.8) is 0 Å². The van der Waals surface area contributed by atoms with Crippen LogP contribution < -0.4 is 4.74 Å². The third-order valence-electron chi connectivity index (χ3n) is 5.45. The summed E-state index contributed by atoms with van der Waals surface area (Å²) in [4.78, 5) is 10.6. The molecule has 2 aromatic rings. The van der Waals surface area contributed by atoms with Crippen molar-refractivity contribution in [2.75, 3.05) is 26.3 Å². The van der Waals surface area contributed by atoms with E-state index < -0.39 is 0 Å². The summed E-state index contributed by atoms with van der Waals surface area (Å²) in [6.45, 7) is 4.14. The fraction of sp³-hybridized carbons (Fsp3) is 0.476. The van der Waals surface area contributed by atoms with Gasteiger partial charge in [0.2, 0.25) is 0 Å². The minimum absolute atomic E-state index is 0.0201. The lowest BCUT2D eigenvalue weighted by Crippen LogP contribution is -2.64. The first kappa shape index (κ1) is 17.9. The Hall–Kier alpha value is -2.49. The number of likely N-dealkylation sites (tertiary alicyclic amines) is 1. The summed E-state index contributed by atoms with van der Waals surface area (Å²) in [5.41, 5.74) is 1.84. The largest absolute Gasteiger partial charge is 0.463 e. The average molecular weight is 364 g/mol. The second-order valence-electron chi connectivity index (χ2n) is 7.47. The normalized spacial score (nSPS) is 21.4. The van der Waals surface area contributed by atoms with E-state index in [1.54, 1.807) is 18.5 Å². The highest BCUT2D eigenvalue weighted by atomic mass is 16.5. The number of aromatic nitrogens is 2. The van der Waals surface area contributed by atoms with Crippen LogP contribution in [0, 0.1) is 17.2 Å². The lowest BCUT2D eigenvalue weighted by atomic mass is 9.79. The Morgan fingerprint density at radius 2 is 2.04 bits per heavy atom. The molecule has 0 amide bonds. The Morgan fingerprint density at radius 3 is 2.85 bits per heavy atom. The van der Waals surface area contributed by atoms with Gasteiger partial charge in [0.05, 0.1) is 23.8 Å². The van der Waals surface area contributed by atoms with E-state index in [-0.39, 0.29) is 5.60 Å². The second-order valence-corrected chi connectivity index (χ2v) is 7.47. The molecule has 27 heavy (non-hydrogen) atoms. The predicted molar refractivity (Wildman–Crippen MR) is 100.0 cm³/mol. The molecule has 3 heterocycles. The van der Waals surface area contributed by atoms with Crippen LogP contribution in [0.25, 0.3) is 0 Å². The fourth-order valence-corrected chi connectivity index (χ4v) is 4.16. The van der Waals surface area contributed by atoms with Gasteiger partial charge in [-0.05, 0) is 42.9 Å². The fourth-order valence-electron chi connectivity index (χ4n) is 4.16. The zero-order valence-electron chi connectivity index (χ0n) is 15.4. The van der Waals surface area contributed by atoms with Gasteiger partial charge in [-0.1, -0.05) is 18.2 Å². The van der Waals surface area contributed by atoms with Gasteiger partial charge in [0.25, 0.3) is 0 Å². The monoisotopic (exact) mass is 364 g/mol. The summed E-state index contributed by atoms with van der Waals surface area (Å²) >= 11 is 0. The van der Waals surface area contributed by atoms with Crippen LogP contribution in [0.5, 0.6) is 6.01 Å². The highest BCUT2D eigenvalue weighted by Crippen LogP contribution is 2.38. The minimum Gasteiger partial charge on any atom is -0.463 e. The zero-order chi connectivity index (χ0) is 18.5. The lowest BCUT2D eigenvalue weighted by Gasteiger charge is -2.53. The maximum absolute atomic E-state index is 9.25. The van der Waals surface area contributed by atoms with Gasteiger partial charge in [-0.25, -0.2) is 9.97 Å². The highest BCUT2D eigenvalue weighted by Gasteiger charge is 2.47. The van der Waals surface area contributed by atoms with E-state index in [0.717, 1.165) is 56.6 Å². The van der Waals surface area contributed by atoms with Crippen molar-refractivity contribution in [3.8, 4) is 12.1 Å². The van der Waals surface area contributed by atoms with Crippen LogP contribution in [-0.2, 0) is 11.3 Å². The molecule has 6 nitrogen and oxygen atoms in total. The smallest absolute Gasteiger partial charge is 0.316 e. The molecule has 2 aliphatic rings. The molecule has 0 bridgehead atoms. The highest BCUT2D eigenvalue weighted by molar-refractivity contribution is 5.37. The molecule has 4 rings (SSSR count). The topological polar surface area (TPSA) is 71.3 Å². The molecular weight excluding hydrogens is 340 g/mol. The molecule has 0 radical (unpaired) electrons. The number of hydrogen-bond donors (Lipinski definition) is 0. The quantitative estimate of drug-likeness (QED) is 0.785. The van der Waals surface area contributed by atoms with Gasteiger partial charge in [0.15, 0.2) is 0 Å². The summed E-state index contributed by atoms with van der Waals surface area (Å²) < 4.78 is 11.8. The number of rotatable bonds is 6. The Kier molecular flexibility index (Phi) is 5.33. The maximum Gasteiger partial charge on any atom is 0.316 e. The molecule has 2 aliphatic heterocycles. The van der Waals surface area contributed by atoms with E-state index in [1.807, 2.05) is 24.3 Å². The summed E-state index contributed by atoms with van der Waals surface area (Å²) in [6.07, 6.45) is 6.54. The summed E-state index contributed by atoms with van der Waals surface area (Å²) in [6, 6.07) is 12.3. The van der Waals surface area contributed by atoms with Crippen LogP contribution in [0.2, 0.25) is 0 Å². The number of hydrogen-bond acceptors (Lipinski definition) is 6. The van der Waals surface area contributed by atoms with E-state index >= 15 is 0 Å². The molecule has 0 aliphatic carbocycles. The molecule has 1 spiro atoms. The van der Waals surface area contributed by atoms with Gasteiger partial charge < -0.3 is 9.47 Å². The maximum atomic E-state index is 9.25. The SMILES string of the molecule is N#Cc1ccccc1CN1CC2(CC(CCOc3ncccn3)CCO2)C1. The van der Waals surface area contributed by atoms with E-state index in [2.05, 4.69) is 20.9 Å². The van der Waals surface area contributed by atoms with Crippen molar-refractivity contribution in [1.29, 1.82) is 5.26 Å². The van der Waals surface area contributed by atoms with Gasteiger partial charge >= 0.3 is 6.01 Å². The summed E-state index contributed by atoms with van der Waals surface area (Å²) in [5.74, 6) is 0.607. The van der Waals surface area contributed by atoms with Gasteiger partial charge in [0.1, 0.15) is 0 Å². The van der Waals surface area contributed by atoms with Crippen molar-refractivity contribution in [2.45, 2.75) is 31.4 Å². The summed E-state index contributed by atoms with van der Waals surface area (Å²) in [7, 11) is 0. The van der Waals surface area contributed by atoms with Crippen LogP contribution >= 0.6 is 0 Å². The first-order chi connectivity index (χ1) is 13.3. The molecule has 2 saturated heterocycles. The number of nitrogens with zero attached hydrogens (tertiary/aromatic N) is 4. The number of nitriles is 1. The van der Waals surface area contributed by atoms with Gasteiger partial charge in [0, 0.05) is 38.6 Å². The van der Waals surface area contributed by atoms with Crippen molar-refractivity contribution in [1.82, 2.24) is 14.9 Å². The van der Waals surface area contributed by atoms with Gasteiger partial charge in [-0.3, -0.25) is 4.90 Å². The van der Waals surface area contributed by atoms with Crippen molar-refractivity contribution >= 4 is 0 Å². The van der Waals surface area contributed by atoms with Crippen LogP contribution in [0.15, 0.2) is 42.7 Å². The Bertz CT molecular complexity index is 799. The second kappa shape index (κ2) is 8.03. The summed E-state index contributed by atoms with van der Waals surface area (Å²) in [5, 5.41) is 9.25. The first-order valence-corrected chi connectivity index (χ1v) is 9.50. The minimum atomic E-state index is -0.0201. The molecule has 1 aromatic heterocycles. The molecule has 140 valence electrons. The predicted octanol–water partition coefficient (Wildman–Crippen LogP) is 2.80. The van der Waals surface area contributed by atoms with E-state index in [9.17, 15) is 5.26 Å². The number of benzene rings is 1. The molecular formula is C21H24N4O2. The van der Waals surface area contributed by atoms with Gasteiger partial charge in [-0.15, -0.1) is 0 Å². The van der Waals surface area contributed by atoms with Gasteiger partial charge in [-0.2, -0.15) is 5.26 Å².